The molecule has 0 aliphatic carbocycles. The fraction of sp³-hybridized carbons (Fsp3) is 0.462. The van der Waals surface area contributed by atoms with Gasteiger partial charge in [0, 0.05) is 10.0 Å². The number of hydrogen-bond donors (Lipinski definition) is 2. The lowest BCUT2D eigenvalue weighted by Crippen LogP contribution is -2.30. The number of carboxylic acids is 1. The molecule has 18 heavy (non-hydrogen) atoms. The number of rotatable bonds is 6. The highest BCUT2D eigenvalue weighted by molar-refractivity contribution is 6.35. The first-order valence-electron chi connectivity index (χ1n) is 5.83. The van der Waals surface area contributed by atoms with E-state index in [0.717, 1.165) is 6.42 Å². The Morgan fingerprint density at radius 3 is 2.56 bits per heavy atom. The molecule has 1 unspecified atom stereocenters. The molecule has 2 N–H and O–H groups in total. The largest absolute Gasteiger partial charge is 0.480 e. The second-order valence-electron chi connectivity index (χ2n) is 4.57. The summed E-state index contributed by atoms with van der Waals surface area (Å²) in [5, 5.41) is 13.1. The predicted molar refractivity (Wildman–Crippen MR) is 74.3 cm³/mol. The van der Waals surface area contributed by atoms with Gasteiger partial charge < -0.3 is 10.4 Å². The number of hydrogen-bond acceptors (Lipinski definition) is 2. The zero-order valence-electron chi connectivity index (χ0n) is 10.4. The number of aliphatic carboxylic acids is 1. The van der Waals surface area contributed by atoms with Gasteiger partial charge in [0.1, 0.15) is 6.04 Å². The smallest absolute Gasteiger partial charge is 0.325 e. The Kier molecular flexibility index (Phi) is 5.93. The molecule has 1 atom stereocenters. The molecule has 0 bridgehead atoms. The number of benzene rings is 1. The first-order chi connectivity index (χ1) is 8.41. The minimum atomic E-state index is -0.942. The summed E-state index contributed by atoms with van der Waals surface area (Å²) in [5.41, 5.74) is 0.539. The van der Waals surface area contributed by atoms with Crippen LogP contribution >= 0.6 is 23.2 Å². The molecule has 1 aromatic rings. The third-order valence-corrected chi connectivity index (χ3v) is 3.15. The molecule has 100 valence electrons. The Hall–Kier alpha value is -0.770. The first-order valence-corrected chi connectivity index (χ1v) is 6.58. The fourth-order valence-corrected chi connectivity index (χ4v) is 2.10. The van der Waals surface area contributed by atoms with Crippen molar-refractivity contribution in [3.8, 4) is 0 Å². The van der Waals surface area contributed by atoms with Crippen LogP contribution in [0.25, 0.3) is 0 Å². The van der Waals surface area contributed by atoms with Crippen LogP contribution in [0.5, 0.6) is 0 Å². The third kappa shape index (κ3) is 4.48. The van der Waals surface area contributed by atoms with Crippen LogP contribution in [0.1, 0.15) is 31.9 Å². The van der Waals surface area contributed by atoms with Crippen molar-refractivity contribution in [3.63, 3.8) is 0 Å². The molecule has 0 fully saturated rings. The van der Waals surface area contributed by atoms with Gasteiger partial charge >= 0.3 is 5.97 Å². The van der Waals surface area contributed by atoms with E-state index < -0.39 is 12.0 Å². The van der Waals surface area contributed by atoms with Gasteiger partial charge in [0.15, 0.2) is 0 Å². The van der Waals surface area contributed by atoms with Crippen molar-refractivity contribution < 1.29 is 9.90 Å². The third-order valence-electron chi connectivity index (χ3n) is 2.59. The van der Waals surface area contributed by atoms with Gasteiger partial charge in [-0.1, -0.05) is 43.1 Å². The highest BCUT2D eigenvalue weighted by atomic mass is 35.5. The first kappa shape index (κ1) is 15.3. The maximum Gasteiger partial charge on any atom is 0.325 e. The highest BCUT2D eigenvalue weighted by Crippen LogP contribution is 2.26. The number of carbonyl (C=O) groups is 1. The molecule has 0 aliphatic rings. The highest BCUT2D eigenvalue weighted by Gasteiger charge is 2.21. The van der Waals surface area contributed by atoms with E-state index in [1.165, 1.54) is 0 Å². The Balaban J connectivity index is 2.81. The number of halogens is 2. The van der Waals surface area contributed by atoms with E-state index in [1.807, 2.05) is 0 Å². The summed E-state index contributed by atoms with van der Waals surface area (Å²) in [6, 6.07) is 4.04. The van der Waals surface area contributed by atoms with E-state index in [9.17, 15) is 9.90 Å². The molecule has 1 aromatic carbocycles. The summed E-state index contributed by atoms with van der Waals surface area (Å²) in [5.74, 6) is -0.421. The van der Waals surface area contributed by atoms with E-state index in [0.29, 0.717) is 28.1 Å². The molecule has 0 amide bonds. The molecule has 3 nitrogen and oxygen atoms in total. The van der Waals surface area contributed by atoms with E-state index >= 15 is 0 Å². The summed E-state index contributed by atoms with van der Waals surface area (Å²) >= 11 is 11.8. The Bertz CT molecular complexity index is 421. The summed E-state index contributed by atoms with van der Waals surface area (Å²) in [4.78, 5) is 11.3. The Labute approximate surface area is 117 Å². The lowest BCUT2D eigenvalue weighted by molar-refractivity contribution is -0.139. The van der Waals surface area contributed by atoms with Gasteiger partial charge in [-0.15, -0.1) is 0 Å². The van der Waals surface area contributed by atoms with Crippen LogP contribution in [0.2, 0.25) is 10.0 Å². The summed E-state index contributed by atoms with van der Waals surface area (Å²) in [6.07, 6.45) is 0.912. The van der Waals surface area contributed by atoms with Crippen LogP contribution in [0.4, 0.5) is 0 Å². The normalized spacial score (nSPS) is 12.7. The van der Waals surface area contributed by atoms with E-state index in [1.54, 1.807) is 18.2 Å². The minimum Gasteiger partial charge on any atom is -0.480 e. The summed E-state index contributed by atoms with van der Waals surface area (Å²) < 4.78 is 0. The van der Waals surface area contributed by atoms with Crippen molar-refractivity contribution in [2.75, 3.05) is 6.54 Å². The molecule has 0 radical (unpaired) electrons. The second kappa shape index (κ2) is 6.98. The van der Waals surface area contributed by atoms with Crippen LogP contribution in [0, 0.1) is 5.92 Å². The molecule has 0 spiro atoms. The molecule has 0 aliphatic heterocycles. The van der Waals surface area contributed by atoms with E-state index in [-0.39, 0.29) is 0 Å². The van der Waals surface area contributed by atoms with E-state index in [4.69, 9.17) is 23.2 Å². The van der Waals surface area contributed by atoms with Crippen molar-refractivity contribution in [2.24, 2.45) is 5.92 Å². The van der Waals surface area contributed by atoms with Crippen LogP contribution < -0.4 is 5.32 Å². The topological polar surface area (TPSA) is 49.3 Å². The predicted octanol–water partition coefficient (Wildman–Crippen LogP) is 3.75. The lowest BCUT2D eigenvalue weighted by Gasteiger charge is -2.17. The van der Waals surface area contributed by atoms with Crippen LogP contribution in [-0.4, -0.2) is 17.6 Å². The molecule has 0 heterocycles. The van der Waals surface area contributed by atoms with Crippen LogP contribution in [-0.2, 0) is 4.79 Å². The van der Waals surface area contributed by atoms with Gasteiger partial charge in [0.05, 0.1) is 0 Å². The maximum atomic E-state index is 11.3. The Morgan fingerprint density at radius 1 is 1.39 bits per heavy atom. The van der Waals surface area contributed by atoms with Crippen molar-refractivity contribution in [2.45, 2.75) is 26.3 Å². The van der Waals surface area contributed by atoms with E-state index in [2.05, 4.69) is 19.2 Å². The lowest BCUT2D eigenvalue weighted by atomic mass is 10.1. The minimum absolute atomic E-state index is 0.368. The molecular weight excluding hydrogens is 273 g/mol. The van der Waals surface area contributed by atoms with Crippen molar-refractivity contribution in [1.82, 2.24) is 5.32 Å². The average Bonchev–Trinajstić information content (AvgIpc) is 2.25. The molecule has 0 saturated carbocycles. The number of carboxylic acid groups (broad SMARTS) is 1. The van der Waals surface area contributed by atoms with Gasteiger partial charge in [0.2, 0.25) is 0 Å². The summed E-state index contributed by atoms with van der Waals surface area (Å²) in [6.45, 7) is 4.81. The average molecular weight is 290 g/mol. The standard InChI is InChI=1S/C13H17Cl2NO2/c1-8(2)5-6-16-12(13(17)18)10-4-3-9(14)7-11(10)15/h3-4,7-8,12,16H,5-6H2,1-2H3,(H,17,18). The number of nitrogens with one attached hydrogen (secondary N) is 1. The quantitative estimate of drug-likeness (QED) is 0.838. The molecule has 5 heteroatoms. The SMILES string of the molecule is CC(C)CCNC(C(=O)O)c1ccc(Cl)cc1Cl. The molecule has 1 rings (SSSR count). The van der Waals surface area contributed by atoms with Crippen LogP contribution in [0.3, 0.4) is 0 Å². The zero-order chi connectivity index (χ0) is 13.7. The zero-order valence-corrected chi connectivity index (χ0v) is 11.9. The monoisotopic (exact) mass is 289 g/mol. The van der Waals surface area contributed by atoms with Gasteiger partial charge in [-0.05, 0) is 36.6 Å². The van der Waals surface area contributed by atoms with Gasteiger partial charge in [-0.2, -0.15) is 0 Å². The van der Waals surface area contributed by atoms with Crippen molar-refractivity contribution in [3.05, 3.63) is 33.8 Å². The fourth-order valence-electron chi connectivity index (χ4n) is 1.58. The van der Waals surface area contributed by atoms with Gasteiger partial charge in [-0.3, -0.25) is 4.79 Å². The Morgan fingerprint density at radius 2 is 2.06 bits per heavy atom. The van der Waals surface area contributed by atoms with Crippen molar-refractivity contribution >= 4 is 29.2 Å². The molecule has 0 aromatic heterocycles. The maximum absolute atomic E-state index is 11.3. The van der Waals surface area contributed by atoms with Crippen LogP contribution in [0.15, 0.2) is 18.2 Å². The van der Waals surface area contributed by atoms with Gasteiger partial charge in [0.25, 0.3) is 0 Å². The molecular formula is C13H17Cl2NO2. The van der Waals surface area contributed by atoms with Crippen molar-refractivity contribution in [1.29, 1.82) is 0 Å². The van der Waals surface area contributed by atoms with Gasteiger partial charge in [-0.25, -0.2) is 0 Å². The molecule has 0 saturated heterocycles. The summed E-state index contributed by atoms with van der Waals surface area (Å²) in [7, 11) is 0. The second-order valence-corrected chi connectivity index (χ2v) is 5.42.